The van der Waals surface area contributed by atoms with Crippen molar-refractivity contribution in [3.05, 3.63) is 17.0 Å². The molecule has 0 aliphatic heterocycles. The molecular weight excluding hydrogens is 286 g/mol. The average Bonchev–Trinajstić information content (AvgIpc) is 2.89. The second kappa shape index (κ2) is 5.60. The zero-order valence-corrected chi connectivity index (χ0v) is 12.3. The molecule has 1 aliphatic rings. The second-order valence-corrected chi connectivity index (χ2v) is 8.05. The van der Waals surface area contributed by atoms with Crippen LogP contribution >= 0.6 is 11.3 Å². The Morgan fingerprint density at radius 2 is 1.95 bits per heavy atom. The number of hydrogen-bond donors (Lipinski definition) is 1. The smallest absolute Gasteiger partial charge is 0.345 e. The quantitative estimate of drug-likeness (QED) is 0.927. The highest BCUT2D eigenvalue weighted by Gasteiger charge is 2.30. The fraction of sp³-hybridized carbons (Fsp3) is 0.583. The highest BCUT2D eigenvalue weighted by atomic mass is 32.2. The van der Waals surface area contributed by atoms with E-state index in [9.17, 15) is 13.2 Å². The van der Waals surface area contributed by atoms with Gasteiger partial charge in [-0.05, 0) is 25.0 Å². The van der Waals surface area contributed by atoms with Gasteiger partial charge in [0.25, 0.3) is 10.0 Å². The first-order valence-electron chi connectivity index (χ1n) is 6.24. The Bertz CT molecular complexity index is 558. The third-order valence-electron chi connectivity index (χ3n) is 3.51. The van der Waals surface area contributed by atoms with E-state index in [0.717, 1.165) is 43.4 Å². The number of nitrogens with zero attached hydrogens (tertiary/aromatic N) is 1. The van der Waals surface area contributed by atoms with Crippen LogP contribution in [-0.4, -0.2) is 36.9 Å². The lowest BCUT2D eigenvalue weighted by Gasteiger charge is -2.29. The summed E-state index contributed by atoms with van der Waals surface area (Å²) in [6.45, 7) is 0. The third kappa shape index (κ3) is 2.98. The zero-order valence-electron chi connectivity index (χ0n) is 10.7. The van der Waals surface area contributed by atoms with Gasteiger partial charge in [-0.1, -0.05) is 19.3 Å². The topological polar surface area (TPSA) is 74.7 Å². The van der Waals surface area contributed by atoms with Crippen molar-refractivity contribution in [3.8, 4) is 0 Å². The maximum atomic E-state index is 12.4. The van der Waals surface area contributed by atoms with Crippen molar-refractivity contribution < 1.29 is 18.3 Å². The fourth-order valence-corrected chi connectivity index (χ4v) is 5.10. The van der Waals surface area contributed by atoms with Crippen LogP contribution in [0.5, 0.6) is 0 Å². The molecule has 0 aromatic carbocycles. The molecular formula is C12H17NO4S2. The van der Waals surface area contributed by atoms with Crippen molar-refractivity contribution >= 4 is 27.3 Å². The number of carboxylic acids is 1. The molecule has 0 bridgehead atoms. The molecule has 106 valence electrons. The van der Waals surface area contributed by atoms with Crippen LogP contribution in [0.25, 0.3) is 0 Å². The molecule has 0 saturated heterocycles. The van der Waals surface area contributed by atoms with Crippen LogP contribution in [0.3, 0.4) is 0 Å². The van der Waals surface area contributed by atoms with E-state index in [1.165, 1.54) is 16.4 Å². The standard InChI is InChI=1S/C12H17NO4S2/c1-13(9-5-3-2-4-6-9)19(16,17)11-8-7-10(18-11)12(14)15/h7-9H,2-6H2,1H3,(H,14,15). The summed E-state index contributed by atoms with van der Waals surface area (Å²) in [4.78, 5) is 10.9. The molecule has 0 amide bonds. The maximum absolute atomic E-state index is 12.4. The van der Waals surface area contributed by atoms with E-state index in [1.807, 2.05) is 0 Å². The second-order valence-electron chi connectivity index (χ2n) is 4.74. The lowest BCUT2D eigenvalue weighted by molar-refractivity contribution is 0.0702. The molecule has 0 unspecified atom stereocenters. The third-order valence-corrected chi connectivity index (χ3v) is 6.97. The van der Waals surface area contributed by atoms with E-state index in [0.29, 0.717) is 0 Å². The van der Waals surface area contributed by atoms with Gasteiger partial charge in [0.2, 0.25) is 0 Å². The summed E-state index contributed by atoms with van der Waals surface area (Å²) in [5, 5.41) is 8.85. The molecule has 1 saturated carbocycles. The van der Waals surface area contributed by atoms with Gasteiger partial charge in [0.05, 0.1) is 0 Å². The summed E-state index contributed by atoms with van der Waals surface area (Å²) >= 11 is 0.811. The molecule has 1 N–H and O–H groups in total. The van der Waals surface area contributed by atoms with Crippen molar-refractivity contribution in [2.24, 2.45) is 0 Å². The SMILES string of the molecule is CN(C1CCCCC1)S(=O)(=O)c1ccc(C(=O)O)s1. The number of rotatable bonds is 4. The van der Waals surface area contributed by atoms with Crippen molar-refractivity contribution in [2.75, 3.05) is 7.05 Å². The Kier molecular flexibility index (Phi) is 4.27. The summed E-state index contributed by atoms with van der Waals surface area (Å²) < 4.78 is 26.3. The van der Waals surface area contributed by atoms with Gasteiger partial charge >= 0.3 is 5.97 Å². The first-order chi connectivity index (χ1) is 8.93. The molecule has 0 spiro atoms. The number of aromatic carboxylic acids is 1. The van der Waals surface area contributed by atoms with E-state index in [4.69, 9.17) is 5.11 Å². The monoisotopic (exact) mass is 303 g/mol. The Morgan fingerprint density at radius 3 is 2.47 bits per heavy atom. The van der Waals surface area contributed by atoms with Crippen LogP contribution in [0.2, 0.25) is 0 Å². The highest BCUT2D eigenvalue weighted by molar-refractivity contribution is 7.91. The minimum atomic E-state index is -3.56. The number of hydrogen-bond acceptors (Lipinski definition) is 4. The first-order valence-corrected chi connectivity index (χ1v) is 8.50. The van der Waals surface area contributed by atoms with Crippen LogP contribution in [0.15, 0.2) is 16.3 Å². The molecule has 0 atom stereocenters. The van der Waals surface area contributed by atoms with Crippen LogP contribution < -0.4 is 0 Å². The van der Waals surface area contributed by atoms with Crippen LogP contribution in [0.1, 0.15) is 41.8 Å². The minimum absolute atomic E-state index is 0.0362. The molecule has 1 heterocycles. The van der Waals surface area contributed by atoms with E-state index in [-0.39, 0.29) is 15.1 Å². The zero-order chi connectivity index (χ0) is 14.0. The van der Waals surface area contributed by atoms with Crippen LogP contribution in [-0.2, 0) is 10.0 Å². The molecule has 0 radical (unpaired) electrons. The number of sulfonamides is 1. The molecule has 1 aromatic heterocycles. The largest absolute Gasteiger partial charge is 0.477 e. The predicted molar refractivity (Wildman–Crippen MR) is 73.1 cm³/mol. The van der Waals surface area contributed by atoms with Crippen molar-refractivity contribution in [1.29, 1.82) is 0 Å². The van der Waals surface area contributed by atoms with Gasteiger partial charge in [0.15, 0.2) is 0 Å². The Morgan fingerprint density at radius 1 is 1.32 bits per heavy atom. The van der Waals surface area contributed by atoms with Gasteiger partial charge in [0, 0.05) is 13.1 Å². The summed E-state index contributed by atoms with van der Waals surface area (Å²) in [5.74, 6) is -1.09. The van der Waals surface area contributed by atoms with Gasteiger partial charge in [-0.25, -0.2) is 13.2 Å². The average molecular weight is 303 g/mol. The Balaban J connectivity index is 2.22. The Labute approximate surface area is 116 Å². The molecule has 1 aromatic rings. The molecule has 2 rings (SSSR count). The lowest BCUT2D eigenvalue weighted by atomic mass is 9.96. The highest BCUT2D eigenvalue weighted by Crippen LogP contribution is 2.29. The summed E-state index contributed by atoms with van der Waals surface area (Å²) in [6.07, 6.45) is 5.02. The number of thiophene rings is 1. The van der Waals surface area contributed by atoms with Gasteiger partial charge in [-0.2, -0.15) is 4.31 Å². The molecule has 1 aliphatic carbocycles. The molecule has 5 nitrogen and oxygen atoms in total. The predicted octanol–water partition coefficient (Wildman–Crippen LogP) is 2.40. The lowest BCUT2D eigenvalue weighted by Crippen LogP contribution is -2.37. The van der Waals surface area contributed by atoms with Crippen LogP contribution in [0.4, 0.5) is 0 Å². The van der Waals surface area contributed by atoms with Gasteiger partial charge in [0.1, 0.15) is 9.09 Å². The minimum Gasteiger partial charge on any atom is -0.477 e. The summed E-state index contributed by atoms with van der Waals surface area (Å²) in [5.41, 5.74) is 0. The fourth-order valence-electron chi connectivity index (χ4n) is 2.36. The Hall–Kier alpha value is -0.920. The van der Waals surface area contributed by atoms with E-state index < -0.39 is 16.0 Å². The molecule has 1 fully saturated rings. The number of carbonyl (C=O) groups is 1. The summed E-state index contributed by atoms with van der Waals surface area (Å²) in [7, 11) is -1.97. The van der Waals surface area contributed by atoms with E-state index in [2.05, 4.69) is 0 Å². The van der Waals surface area contributed by atoms with Crippen molar-refractivity contribution in [2.45, 2.75) is 42.4 Å². The van der Waals surface area contributed by atoms with E-state index in [1.54, 1.807) is 7.05 Å². The molecule has 19 heavy (non-hydrogen) atoms. The molecule has 7 heteroatoms. The number of carboxylic acid groups (broad SMARTS) is 1. The van der Waals surface area contributed by atoms with Gasteiger partial charge in [-0.3, -0.25) is 0 Å². The van der Waals surface area contributed by atoms with Crippen molar-refractivity contribution in [1.82, 2.24) is 4.31 Å². The van der Waals surface area contributed by atoms with E-state index >= 15 is 0 Å². The summed E-state index contributed by atoms with van der Waals surface area (Å²) in [6, 6.07) is 2.76. The van der Waals surface area contributed by atoms with Crippen LogP contribution in [0, 0.1) is 0 Å². The van der Waals surface area contributed by atoms with Crippen molar-refractivity contribution in [3.63, 3.8) is 0 Å². The normalized spacial score (nSPS) is 17.8. The van der Waals surface area contributed by atoms with Gasteiger partial charge in [-0.15, -0.1) is 11.3 Å². The maximum Gasteiger partial charge on any atom is 0.345 e. The first kappa shape index (κ1) is 14.5. The van der Waals surface area contributed by atoms with Gasteiger partial charge < -0.3 is 5.11 Å².